The molecular weight excluding hydrogens is 304 g/mol. The Labute approximate surface area is 133 Å². The van der Waals surface area contributed by atoms with Crippen molar-refractivity contribution >= 4 is 34.4 Å². The highest BCUT2D eigenvalue weighted by molar-refractivity contribution is 6.31. The zero-order valence-electron chi connectivity index (χ0n) is 12.2. The van der Waals surface area contributed by atoms with Crippen molar-refractivity contribution in [2.24, 2.45) is 0 Å². The van der Waals surface area contributed by atoms with Crippen molar-refractivity contribution in [2.75, 3.05) is 6.54 Å². The van der Waals surface area contributed by atoms with Crippen molar-refractivity contribution in [3.05, 3.63) is 35.0 Å². The molecule has 0 atom stereocenters. The second-order valence-electron chi connectivity index (χ2n) is 5.23. The Hall–Kier alpha value is -2.01. The molecule has 1 aromatic carbocycles. The number of carboxylic acids is 1. The molecule has 6 heteroatoms. The van der Waals surface area contributed by atoms with E-state index in [0.29, 0.717) is 24.4 Å². The number of amides is 1. The number of carboxylic acid groups (broad SMARTS) is 1. The summed E-state index contributed by atoms with van der Waals surface area (Å²) in [5.41, 5.74) is 1.88. The lowest BCUT2D eigenvalue weighted by molar-refractivity contribution is -0.137. The van der Waals surface area contributed by atoms with Crippen LogP contribution in [0.5, 0.6) is 0 Å². The third kappa shape index (κ3) is 4.77. The van der Waals surface area contributed by atoms with Gasteiger partial charge in [-0.3, -0.25) is 9.59 Å². The van der Waals surface area contributed by atoms with E-state index in [1.807, 2.05) is 18.3 Å². The summed E-state index contributed by atoms with van der Waals surface area (Å²) in [4.78, 5) is 25.4. The lowest BCUT2D eigenvalue weighted by Gasteiger charge is -2.04. The molecule has 0 bridgehead atoms. The van der Waals surface area contributed by atoms with Gasteiger partial charge in [0.15, 0.2) is 0 Å². The van der Waals surface area contributed by atoms with Crippen LogP contribution in [0.3, 0.4) is 0 Å². The summed E-state index contributed by atoms with van der Waals surface area (Å²) in [6.07, 6.45) is 4.55. The SMILES string of the molecule is O=C(O)CCCCCNC(=O)Cc1c[nH]c2ccc(Cl)cc12. The highest BCUT2D eigenvalue weighted by Crippen LogP contribution is 2.22. The minimum atomic E-state index is -0.776. The Morgan fingerprint density at radius 1 is 1.23 bits per heavy atom. The molecule has 0 saturated carbocycles. The van der Waals surface area contributed by atoms with Crippen LogP contribution in [-0.2, 0) is 16.0 Å². The molecule has 0 aliphatic carbocycles. The van der Waals surface area contributed by atoms with Crippen molar-refractivity contribution < 1.29 is 14.7 Å². The number of rotatable bonds is 8. The van der Waals surface area contributed by atoms with Crippen LogP contribution in [0.25, 0.3) is 10.9 Å². The maximum absolute atomic E-state index is 11.9. The summed E-state index contributed by atoms with van der Waals surface area (Å²) in [6, 6.07) is 5.55. The van der Waals surface area contributed by atoms with Crippen LogP contribution in [-0.4, -0.2) is 28.5 Å². The van der Waals surface area contributed by atoms with Gasteiger partial charge in [0.05, 0.1) is 6.42 Å². The molecule has 3 N–H and O–H groups in total. The standard InChI is InChI=1S/C16H19ClN2O3/c17-12-5-6-14-13(9-12)11(10-19-14)8-15(20)18-7-3-1-2-4-16(21)22/h5-6,9-10,19H,1-4,7-8H2,(H,18,20)(H,21,22). The van der Waals surface area contributed by atoms with Crippen LogP contribution in [0.2, 0.25) is 5.02 Å². The van der Waals surface area contributed by atoms with Gasteiger partial charge in [0.1, 0.15) is 0 Å². The summed E-state index contributed by atoms with van der Waals surface area (Å²) >= 11 is 5.98. The molecule has 0 radical (unpaired) electrons. The van der Waals surface area contributed by atoms with Gasteiger partial charge in [-0.25, -0.2) is 0 Å². The third-order valence-electron chi connectivity index (χ3n) is 3.47. The van der Waals surface area contributed by atoms with Gasteiger partial charge in [-0.1, -0.05) is 18.0 Å². The molecule has 118 valence electrons. The molecule has 2 rings (SSSR count). The first kappa shape index (κ1) is 16.4. The van der Waals surface area contributed by atoms with Crippen molar-refractivity contribution in [2.45, 2.75) is 32.1 Å². The molecular formula is C16H19ClN2O3. The van der Waals surface area contributed by atoms with E-state index in [0.717, 1.165) is 29.3 Å². The minimum Gasteiger partial charge on any atom is -0.481 e. The van der Waals surface area contributed by atoms with E-state index < -0.39 is 5.97 Å². The number of aliphatic carboxylic acids is 1. The predicted octanol–water partition coefficient (Wildman–Crippen LogP) is 3.13. The van der Waals surface area contributed by atoms with Gasteiger partial charge < -0.3 is 15.4 Å². The normalized spacial score (nSPS) is 10.8. The summed E-state index contributed by atoms with van der Waals surface area (Å²) in [5.74, 6) is -0.818. The van der Waals surface area contributed by atoms with Crippen LogP contribution in [0.1, 0.15) is 31.2 Å². The van der Waals surface area contributed by atoms with E-state index in [1.165, 1.54) is 0 Å². The van der Waals surface area contributed by atoms with E-state index in [2.05, 4.69) is 10.3 Å². The molecule has 1 heterocycles. The van der Waals surface area contributed by atoms with E-state index in [9.17, 15) is 9.59 Å². The van der Waals surface area contributed by atoms with Crippen LogP contribution < -0.4 is 5.32 Å². The molecule has 0 aliphatic rings. The fourth-order valence-corrected chi connectivity index (χ4v) is 2.51. The van der Waals surface area contributed by atoms with Crippen molar-refractivity contribution in [3.63, 3.8) is 0 Å². The van der Waals surface area contributed by atoms with Gasteiger partial charge in [0.25, 0.3) is 0 Å². The molecule has 0 spiro atoms. The molecule has 2 aromatic rings. The minimum absolute atomic E-state index is 0.0425. The van der Waals surface area contributed by atoms with E-state index >= 15 is 0 Å². The summed E-state index contributed by atoms with van der Waals surface area (Å²) in [7, 11) is 0. The van der Waals surface area contributed by atoms with Crippen molar-refractivity contribution in [1.29, 1.82) is 0 Å². The van der Waals surface area contributed by atoms with Crippen LogP contribution in [0.15, 0.2) is 24.4 Å². The molecule has 1 aromatic heterocycles. The monoisotopic (exact) mass is 322 g/mol. The zero-order valence-corrected chi connectivity index (χ0v) is 12.9. The van der Waals surface area contributed by atoms with Crippen molar-refractivity contribution in [1.82, 2.24) is 10.3 Å². The fraction of sp³-hybridized carbons (Fsp3) is 0.375. The lowest BCUT2D eigenvalue weighted by Crippen LogP contribution is -2.26. The number of hydrogen-bond donors (Lipinski definition) is 3. The smallest absolute Gasteiger partial charge is 0.303 e. The molecule has 22 heavy (non-hydrogen) atoms. The number of carbonyl (C=O) groups is 2. The lowest BCUT2D eigenvalue weighted by atomic mass is 10.1. The van der Waals surface area contributed by atoms with Gasteiger partial charge in [0.2, 0.25) is 5.91 Å². The highest BCUT2D eigenvalue weighted by Gasteiger charge is 2.09. The number of nitrogens with one attached hydrogen (secondary N) is 2. The second-order valence-corrected chi connectivity index (χ2v) is 5.67. The van der Waals surface area contributed by atoms with Crippen LogP contribution in [0.4, 0.5) is 0 Å². The van der Waals surface area contributed by atoms with Gasteiger partial charge in [-0.2, -0.15) is 0 Å². The molecule has 5 nitrogen and oxygen atoms in total. The van der Waals surface area contributed by atoms with Crippen LogP contribution in [0, 0.1) is 0 Å². The number of unbranched alkanes of at least 4 members (excludes halogenated alkanes) is 2. The Morgan fingerprint density at radius 2 is 2.05 bits per heavy atom. The Balaban J connectivity index is 1.77. The Morgan fingerprint density at radius 3 is 2.82 bits per heavy atom. The number of fused-ring (bicyclic) bond motifs is 1. The molecule has 0 fully saturated rings. The first-order chi connectivity index (χ1) is 10.6. The zero-order chi connectivity index (χ0) is 15.9. The first-order valence-corrected chi connectivity index (χ1v) is 7.68. The predicted molar refractivity (Wildman–Crippen MR) is 86.1 cm³/mol. The van der Waals surface area contributed by atoms with Crippen LogP contribution >= 0.6 is 11.6 Å². The number of halogens is 1. The topological polar surface area (TPSA) is 82.2 Å². The van der Waals surface area contributed by atoms with E-state index in [-0.39, 0.29) is 12.3 Å². The molecule has 1 amide bonds. The first-order valence-electron chi connectivity index (χ1n) is 7.30. The third-order valence-corrected chi connectivity index (χ3v) is 3.71. The maximum atomic E-state index is 11.9. The van der Waals surface area contributed by atoms with E-state index in [4.69, 9.17) is 16.7 Å². The number of benzene rings is 1. The average molecular weight is 323 g/mol. The summed E-state index contributed by atoms with van der Waals surface area (Å²) in [5, 5.41) is 13.0. The van der Waals surface area contributed by atoms with Crippen molar-refractivity contribution in [3.8, 4) is 0 Å². The number of hydrogen-bond acceptors (Lipinski definition) is 2. The van der Waals surface area contributed by atoms with E-state index in [1.54, 1.807) is 6.07 Å². The maximum Gasteiger partial charge on any atom is 0.303 e. The number of H-pyrrole nitrogens is 1. The number of carbonyl (C=O) groups excluding carboxylic acids is 1. The highest BCUT2D eigenvalue weighted by atomic mass is 35.5. The Bertz CT molecular complexity index is 666. The molecule has 0 aliphatic heterocycles. The molecule has 0 saturated heterocycles. The van der Waals surface area contributed by atoms with Gasteiger partial charge in [-0.05, 0) is 36.6 Å². The quantitative estimate of drug-likeness (QED) is 0.653. The molecule has 0 unspecified atom stereocenters. The summed E-state index contributed by atoms with van der Waals surface area (Å²) in [6.45, 7) is 0.571. The van der Waals surface area contributed by atoms with Gasteiger partial charge >= 0.3 is 5.97 Å². The second kappa shape index (κ2) is 7.84. The van der Waals surface area contributed by atoms with Gasteiger partial charge in [-0.15, -0.1) is 0 Å². The van der Waals surface area contributed by atoms with Gasteiger partial charge in [0, 0.05) is 35.1 Å². The summed E-state index contributed by atoms with van der Waals surface area (Å²) < 4.78 is 0. The number of aromatic nitrogens is 1. The fourth-order valence-electron chi connectivity index (χ4n) is 2.34. The Kier molecular flexibility index (Phi) is 5.83. The largest absolute Gasteiger partial charge is 0.481 e. The number of aromatic amines is 1. The average Bonchev–Trinajstić information content (AvgIpc) is 2.85.